The number of rotatable bonds is 7. The molecule has 0 radical (unpaired) electrons. The molecule has 1 aromatic carbocycles. The van der Waals surface area contributed by atoms with Crippen LogP contribution in [0.5, 0.6) is 5.75 Å². The van der Waals surface area contributed by atoms with Crippen molar-refractivity contribution in [2.45, 2.75) is 25.3 Å². The van der Waals surface area contributed by atoms with Crippen LogP contribution in [0.2, 0.25) is 0 Å². The Labute approximate surface area is 129 Å². The number of carboxylic acids is 1. The van der Waals surface area contributed by atoms with Crippen molar-refractivity contribution in [2.24, 2.45) is 0 Å². The topological polar surface area (TPSA) is 66.8 Å². The first-order valence-electron chi connectivity index (χ1n) is 6.56. The summed E-state index contributed by atoms with van der Waals surface area (Å²) in [5.41, 5.74) is 0. The minimum Gasteiger partial charge on any atom is -0.483 e. The van der Waals surface area contributed by atoms with Gasteiger partial charge in [0.1, 0.15) is 11.6 Å². The van der Waals surface area contributed by atoms with E-state index in [-0.39, 0.29) is 31.5 Å². The van der Waals surface area contributed by atoms with Gasteiger partial charge in [-0.25, -0.2) is 4.39 Å². The summed E-state index contributed by atoms with van der Waals surface area (Å²) in [5, 5.41) is 8.71. The smallest absolute Gasteiger partial charge is 0.305 e. The van der Waals surface area contributed by atoms with Crippen LogP contribution in [0.4, 0.5) is 4.39 Å². The average Bonchev–Trinajstić information content (AvgIpc) is 3.22. The summed E-state index contributed by atoms with van der Waals surface area (Å²) in [4.78, 5) is 24.3. The predicted molar refractivity (Wildman–Crippen MR) is 76.6 cm³/mol. The summed E-state index contributed by atoms with van der Waals surface area (Å²) in [6, 6.07) is 4.05. The maximum Gasteiger partial charge on any atom is 0.305 e. The fourth-order valence-electron chi connectivity index (χ4n) is 1.93. The van der Waals surface area contributed by atoms with E-state index < -0.39 is 11.8 Å². The Hall–Kier alpha value is -1.63. The van der Waals surface area contributed by atoms with Crippen molar-refractivity contribution in [3.05, 3.63) is 28.5 Å². The van der Waals surface area contributed by atoms with Gasteiger partial charge in [0, 0.05) is 12.6 Å². The van der Waals surface area contributed by atoms with Crippen LogP contribution in [-0.4, -0.2) is 41.1 Å². The summed E-state index contributed by atoms with van der Waals surface area (Å²) in [6.45, 7) is -0.00681. The van der Waals surface area contributed by atoms with Crippen molar-refractivity contribution < 1.29 is 23.8 Å². The molecule has 21 heavy (non-hydrogen) atoms. The standard InChI is InChI=1S/C14H15BrFNO4/c15-11-7-9(16)1-4-12(11)21-8-13(18)17(10-2-3-10)6-5-14(19)20/h1,4,7,10H,2-3,5-6,8H2,(H,19,20). The zero-order valence-corrected chi connectivity index (χ0v) is 12.8. The zero-order valence-electron chi connectivity index (χ0n) is 11.2. The second-order valence-electron chi connectivity index (χ2n) is 4.83. The molecule has 1 amide bonds. The van der Waals surface area contributed by atoms with Gasteiger partial charge < -0.3 is 14.7 Å². The van der Waals surface area contributed by atoms with E-state index in [0.717, 1.165) is 12.8 Å². The van der Waals surface area contributed by atoms with E-state index in [2.05, 4.69) is 15.9 Å². The number of carbonyl (C=O) groups excluding carboxylic acids is 1. The maximum absolute atomic E-state index is 12.9. The van der Waals surface area contributed by atoms with E-state index in [0.29, 0.717) is 10.2 Å². The molecule has 1 N–H and O–H groups in total. The average molecular weight is 360 g/mol. The van der Waals surface area contributed by atoms with E-state index in [1.54, 1.807) is 4.90 Å². The van der Waals surface area contributed by atoms with Crippen LogP contribution in [0.15, 0.2) is 22.7 Å². The minimum absolute atomic E-state index is 0.0809. The van der Waals surface area contributed by atoms with Gasteiger partial charge in [0.25, 0.3) is 5.91 Å². The fraction of sp³-hybridized carbons (Fsp3) is 0.429. The maximum atomic E-state index is 12.9. The van der Waals surface area contributed by atoms with Gasteiger partial charge in [-0.2, -0.15) is 0 Å². The van der Waals surface area contributed by atoms with Gasteiger partial charge in [0.2, 0.25) is 0 Å². The van der Waals surface area contributed by atoms with Crippen LogP contribution in [0.1, 0.15) is 19.3 Å². The number of carbonyl (C=O) groups is 2. The number of hydrogen-bond donors (Lipinski definition) is 1. The molecule has 0 spiro atoms. The predicted octanol–water partition coefficient (Wildman–Crippen LogP) is 2.43. The Kier molecular flexibility index (Phi) is 5.17. The van der Waals surface area contributed by atoms with E-state index >= 15 is 0 Å². The quantitative estimate of drug-likeness (QED) is 0.811. The second-order valence-corrected chi connectivity index (χ2v) is 5.68. The normalized spacial score (nSPS) is 13.8. The molecule has 1 aliphatic carbocycles. The molecule has 0 unspecified atom stereocenters. The highest BCUT2D eigenvalue weighted by Gasteiger charge is 2.32. The number of halogens is 2. The number of ether oxygens (including phenoxy) is 1. The number of carboxylic acid groups (broad SMARTS) is 1. The molecule has 1 fully saturated rings. The lowest BCUT2D eigenvalue weighted by Crippen LogP contribution is -2.38. The molecule has 7 heteroatoms. The highest BCUT2D eigenvalue weighted by molar-refractivity contribution is 9.10. The first-order chi connectivity index (χ1) is 9.97. The number of benzene rings is 1. The molecular formula is C14H15BrFNO4. The third kappa shape index (κ3) is 4.70. The van der Waals surface area contributed by atoms with Crippen molar-refractivity contribution in [2.75, 3.05) is 13.2 Å². The first-order valence-corrected chi connectivity index (χ1v) is 7.36. The third-order valence-corrected chi connectivity index (χ3v) is 3.74. The number of hydrogen-bond acceptors (Lipinski definition) is 3. The molecule has 0 bridgehead atoms. The van der Waals surface area contributed by atoms with E-state index in [9.17, 15) is 14.0 Å². The molecule has 1 saturated carbocycles. The van der Waals surface area contributed by atoms with Crippen molar-refractivity contribution >= 4 is 27.8 Å². The molecule has 0 saturated heterocycles. The summed E-state index contributed by atoms with van der Waals surface area (Å²) in [7, 11) is 0. The van der Waals surface area contributed by atoms with Gasteiger partial charge in [0.05, 0.1) is 10.9 Å². The molecule has 1 aromatic rings. The molecule has 1 aliphatic rings. The van der Waals surface area contributed by atoms with E-state index in [1.165, 1.54) is 18.2 Å². The first kappa shape index (κ1) is 15.8. The highest BCUT2D eigenvalue weighted by atomic mass is 79.9. The van der Waals surface area contributed by atoms with Gasteiger partial charge in [0.15, 0.2) is 6.61 Å². The molecule has 0 aromatic heterocycles. The van der Waals surface area contributed by atoms with Crippen molar-refractivity contribution in [1.29, 1.82) is 0 Å². The Bertz CT molecular complexity index is 548. The Morgan fingerprint density at radius 3 is 2.71 bits per heavy atom. The lowest BCUT2D eigenvalue weighted by Gasteiger charge is -2.21. The molecule has 0 atom stereocenters. The molecular weight excluding hydrogens is 345 g/mol. The van der Waals surface area contributed by atoms with Crippen LogP contribution < -0.4 is 4.74 Å². The molecule has 2 rings (SSSR count). The van der Waals surface area contributed by atoms with Gasteiger partial charge in [-0.15, -0.1) is 0 Å². The summed E-state index contributed by atoms with van der Waals surface area (Å²) < 4.78 is 18.7. The number of nitrogens with zero attached hydrogens (tertiary/aromatic N) is 1. The van der Waals surface area contributed by atoms with Gasteiger partial charge in [-0.05, 0) is 47.0 Å². The number of amides is 1. The van der Waals surface area contributed by atoms with Crippen LogP contribution in [0.3, 0.4) is 0 Å². The van der Waals surface area contributed by atoms with Gasteiger partial charge in [-0.3, -0.25) is 9.59 Å². The largest absolute Gasteiger partial charge is 0.483 e. The summed E-state index contributed by atoms with van der Waals surface area (Å²) >= 11 is 3.16. The van der Waals surface area contributed by atoms with Gasteiger partial charge in [-0.1, -0.05) is 0 Å². The summed E-state index contributed by atoms with van der Waals surface area (Å²) in [5.74, 6) is -1.22. The second kappa shape index (κ2) is 6.89. The van der Waals surface area contributed by atoms with E-state index in [4.69, 9.17) is 9.84 Å². The molecule has 0 aliphatic heterocycles. The van der Waals surface area contributed by atoms with Crippen molar-refractivity contribution in [3.8, 4) is 5.75 Å². The monoisotopic (exact) mass is 359 g/mol. The Morgan fingerprint density at radius 1 is 1.43 bits per heavy atom. The van der Waals surface area contributed by atoms with E-state index in [1.807, 2.05) is 0 Å². The third-order valence-electron chi connectivity index (χ3n) is 3.12. The Morgan fingerprint density at radius 2 is 2.14 bits per heavy atom. The SMILES string of the molecule is O=C(O)CCN(C(=O)COc1ccc(F)cc1Br)C1CC1. The fourth-order valence-corrected chi connectivity index (χ4v) is 2.39. The lowest BCUT2D eigenvalue weighted by molar-refractivity contribution is -0.139. The molecule has 114 valence electrons. The summed E-state index contributed by atoms with van der Waals surface area (Å²) in [6.07, 6.45) is 1.71. The van der Waals surface area contributed by atoms with Gasteiger partial charge >= 0.3 is 5.97 Å². The molecule has 0 heterocycles. The van der Waals surface area contributed by atoms with Crippen LogP contribution in [0, 0.1) is 5.82 Å². The lowest BCUT2D eigenvalue weighted by atomic mass is 10.3. The van der Waals surface area contributed by atoms with Crippen LogP contribution >= 0.6 is 15.9 Å². The Balaban J connectivity index is 1.91. The van der Waals surface area contributed by atoms with Crippen LogP contribution in [-0.2, 0) is 9.59 Å². The highest BCUT2D eigenvalue weighted by Crippen LogP contribution is 2.28. The molecule has 5 nitrogen and oxygen atoms in total. The van der Waals surface area contributed by atoms with Crippen molar-refractivity contribution in [1.82, 2.24) is 4.90 Å². The van der Waals surface area contributed by atoms with Crippen LogP contribution in [0.25, 0.3) is 0 Å². The zero-order chi connectivity index (χ0) is 15.4. The minimum atomic E-state index is -0.935. The van der Waals surface area contributed by atoms with Crippen molar-refractivity contribution in [3.63, 3.8) is 0 Å². The number of aliphatic carboxylic acids is 1.